The van der Waals surface area contributed by atoms with E-state index in [2.05, 4.69) is 31.4 Å². The van der Waals surface area contributed by atoms with Crippen LogP contribution in [0.5, 0.6) is 0 Å². The van der Waals surface area contributed by atoms with Gasteiger partial charge in [-0.15, -0.1) is 0 Å². The van der Waals surface area contributed by atoms with Crippen LogP contribution in [0.1, 0.15) is 41.5 Å². The van der Waals surface area contributed by atoms with Gasteiger partial charge in [-0.2, -0.15) is 0 Å². The Labute approximate surface area is 116 Å². The van der Waals surface area contributed by atoms with E-state index in [1.807, 2.05) is 20.8 Å². The minimum Gasteiger partial charge on any atom is -0.444 e. The quantitative estimate of drug-likeness (QED) is 0.802. The number of rotatable bonds is 5. The maximum Gasteiger partial charge on any atom is 0.407 e. The molecule has 0 saturated carbocycles. The van der Waals surface area contributed by atoms with Crippen LogP contribution in [-0.4, -0.2) is 43.5 Å². The number of hydrogen-bond donors (Lipinski definition) is 2. The number of carbonyl (C=O) groups excluding carboxylic acids is 1. The topological polar surface area (TPSA) is 59.6 Å². The summed E-state index contributed by atoms with van der Waals surface area (Å²) in [5.41, 5.74) is -0.406. The lowest BCUT2D eigenvalue weighted by Crippen LogP contribution is -2.56. The molecule has 1 amide bonds. The molecule has 0 atom stereocenters. The fourth-order valence-corrected chi connectivity index (χ4v) is 1.68. The fourth-order valence-electron chi connectivity index (χ4n) is 1.68. The molecule has 1 heterocycles. The average molecular weight is 272 g/mol. The first-order valence-corrected chi connectivity index (χ1v) is 6.81. The zero-order valence-electron chi connectivity index (χ0n) is 13.1. The first kappa shape index (κ1) is 16.2. The molecule has 0 bridgehead atoms. The molecule has 0 aromatic carbocycles. The molecule has 5 nitrogen and oxygen atoms in total. The van der Waals surface area contributed by atoms with Crippen molar-refractivity contribution in [1.82, 2.24) is 10.6 Å². The van der Waals surface area contributed by atoms with E-state index in [0.717, 1.165) is 19.8 Å². The lowest BCUT2D eigenvalue weighted by Gasteiger charge is -2.41. The van der Waals surface area contributed by atoms with Gasteiger partial charge in [-0.05, 0) is 34.6 Å². The predicted octanol–water partition coefficient (Wildman–Crippen LogP) is 1.92. The molecule has 0 radical (unpaired) electrons. The van der Waals surface area contributed by atoms with Gasteiger partial charge in [0.25, 0.3) is 0 Å². The van der Waals surface area contributed by atoms with Gasteiger partial charge in [0.15, 0.2) is 0 Å². The number of alkyl carbamates (subject to hydrolysis) is 1. The van der Waals surface area contributed by atoms with Gasteiger partial charge in [0.1, 0.15) is 5.60 Å². The Morgan fingerprint density at radius 2 is 1.84 bits per heavy atom. The van der Waals surface area contributed by atoms with Gasteiger partial charge >= 0.3 is 6.09 Å². The smallest absolute Gasteiger partial charge is 0.407 e. The Morgan fingerprint density at radius 1 is 1.26 bits per heavy atom. The number of hydrogen-bond acceptors (Lipinski definition) is 4. The van der Waals surface area contributed by atoms with E-state index in [0.29, 0.717) is 6.54 Å². The highest BCUT2D eigenvalue weighted by Gasteiger charge is 2.34. The molecule has 0 spiro atoms. The summed E-state index contributed by atoms with van der Waals surface area (Å²) >= 11 is 0. The second-order valence-corrected chi connectivity index (χ2v) is 7.40. The Morgan fingerprint density at radius 3 is 2.26 bits per heavy atom. The maximum absolute atomic E-state index is 11.6. The zero-order valence-corrected chi connectivity index (χ0v) is 13.1. The molecule has 112 valence electrons. The molecule has 19 heavy (non-hydrogen) atoms. The summed E-state index contributed by atoms with van der Waals surface area (Å²) in [7, 11) is 0. The van der Waals surface area contributed by atoms with Crippen LogP contribution in [0.3, 0.4) is 0 Å². The molecule has 1 aliphatic rings. The van der Waals surface area contributed by atoms with Crippen molar-refractivity contribution in [3.8, 4) is 0 Å². The normalized spacial score (nSPS) is 18.6. The van der Waals surface area contributed by atoms with E-state index < -0.39 is 5.60 Å². The summed E-state index contributed by atoms with van der Waals surface area (Å²) in [5.74, 6) is 0. The van der Waals surface area contributed by atoms with Gasteiger partial charge in [-0.3, -0.25) is 0 Å². The highest BCUT2D eigenvalue weighted by atomic mass is 16.6. The monoisotopic (exact) mass is 272 g/mol. The largest absolute Gasteiger partial charge is 0.444 e. The van der Waals surface area contributed by atoms with Crippen molar-refractivity contribution in [2.75, 3.05) is 26.3 Å². The van der Waals surface area contributed by atoms with Gasteiger partial charge in [0, 0.05) is 24.0 Å². The van der Waals surface area contributed by atoms with Crippen molar-refractivity contribution in [3.05, 3.63) is 0 Å². The van der Waals surface area contributed by atoms with Crippen LogP contribution < -0.4 is 10.6 Å². The van der Waals surface area contributed by atoms with Crippen molar-refractivity contribution < 1.29 is 14.3 Å². The third-order valence-electron chi connectivity index (χ3n) is 2.97. The van der Waals surface area contributed by atoms with E-state index in [9.17, 15) is 4.79 Å². The molecule has 0 unspecified atom stereocenters. The average Bonchev–Trinajstić information content (AvgIpc) is 2.19. The third-order valence-corrected chi connectivity index (χ3v) is 2.97. The summed E-state index contributed by atoms with van der Waals surface area (Å²) < 4.78 is 10.4. The minimum absolute atomic E-state index is 0.171. The van der Waals surface area contributed by atoms with Crippen molar-refractivity contribution >= 4 is 6.09 Å². The molecule has 1 aliphatic heterocycles. The molecule has 1 rings (SSSR count). The van der Waals surface area contributed by atoms with Crippen LogP contribution in [0, 0.1) is 5.41 Å². The predicted molar refractivity (Wildman–Crippen MR) is 75.2 cm³/mol. The first-order chi connectivity index (χ1) is 8.52. The van der Waals surface area contributed by atoms with Crippen LogP contribution in [-0.2, 0) is 9.47 Å². The Bertz CT molecular complexity index is 317. The fraction of sp³-hybridized carbons (Fsp3) is 0.929. The van der Waals surface area contributed by atoms with Crippen LogP contribution in [0.15, 0.2) is 0 Å². The SMILES string of the molecule is CC1(CNC(C)(C)CNC(=O)OC(C)(C)C)COC1. The molecule has 5 heteroatoms. The van der Waals surface area contributed by atoms with Crippen molar-refractivity contribution in [1.29, 1.82) is 0 Å². The van der Waals surface area contributed by atoms with Crippen molar-refractivity contribution in [3.63, 3.8) is 0 Å². The molecule has 0 aromatic rings. The summed E-state index contributed by atoms with van der Waals surface area (Å²) in [6, 6.07) is 0. The minimum atomic E-state index is -0.460. The molecule has 0 aliphatic carbocycles. The number of nitrogens with one attached hydrogen (secondary N) is 2. The van der Waals surface area contributed by atoms with Gasteiger partial charge in [0.05, 0.1) is 13.2 Å². The Kier molecular flexibility index (Phi) is 4.85. The summed E-state index contributed by atoms with van der Waals surface area (Å²) in [6.45, 7) is 14.9. The number of ether oxygens (including phenoxy) is 2. The van der Waals surface area contributed by atoms with Gasteiger partial charge in [-0.1, -0.05) is 6.92 Å². The molecule has 0 aromatic heterocycles. The van der Waals surface area contributed by atoms with Crippen LogP contribution in [0.25, 0.3) is 0 Å². The molecule has 1 fully saturated rings. The Hall–Kier alpha value is -0.810. The van der Waals surface area contributed by atoms with Crippen molar-refractivity contribution in [2.24, 2.45) is 5.41 Å². The molecule has 1 saturated heterocycles. The van der Waals surface area contributed by atoms with E-state index in [1.165, 1.54) is 0 Å². The van der Waals surface area contributed by atoms with E-state index in [4.69, 9.17) is 9.47 Å². The van der Waals surface area contributed by atoms with Crippen molar-refractivity contribution in [2.45, 2.75) is 52.7 Å². The number of amides is 1. The molecular weight excluding hydrogens is 244 g/mol. The zero-order chi connectivity index (χ0) is 14.7. The Balaban J connectivity index is 2.27. The molecule has 2 N–H and O–H groups in total. The van der Waals surface area contributed by atoms with Gasteiger partial charge in [-0.25, -0.2) is 4.79 Å². The first-order valence-electron chi connectivity index (χ1n) is 6.81. The summed E-state index contributed by atoms with van der Waals surface area (Å²) in [5, 5.41) is 6.27. The highest BCUT2D eigenvalue weighted by molar-refractivity contribution is 5.67. The maximum atomic E-state index is 11.6. The second-order valence-electron chi connectivity index (χ2n) is 7.40. The standard InChI is InChI=1S/C14H28N2O3/c1-12(2,3)19-11(17)15-7-13(4,5)16-8-14(6)9-18-10-14/h16H,7-10H2,1-6H3,(H,15,17). The van der Waals surface area contributed by atoms with E-state index in [-0.39, 0.29) is 17.0 Å². The van der Waals surface area contributed by atoms with Crippen LogP contribution in [0.2, 0.25) is 0 Å². The van der Waals surface area contributed by atoms with Crippen LogP contribution in [0.4, 0.5) is 4.79 Å². The highest BCUT2D eigenvalue weighted by Crippen LogP contribution is 2.25. The van der Waals surface area contributed by atoms with Gasteiger partial charge in [0.2, 0.25) is 0 Å². The summed E-state index contributed by atoms with van der Waals surface area (Å²) in [6.07, 6.45) is -0.374. The van der Waals surface area contributed by atoms with Crippen LogP contribution >= 0.6 is 0 Å². The second kappa shape index (κ2) is 5.67. The lowest BCUT2D eigenvalue weighted by molar-refractivity contribution is -0.101. The van der Waals surface area contributed by atoms with Gasteiger partial charge < -0.3 is 20.1 Å². The lowest BCUT2D eigenvalue weighted by atomic mass is 9.87. The third kappa shape index (κ3) is 6.25. The number of carbonyl (C=O) groups is 1. The van der Waals surface area contributed by atoms with E-state index >= 15 is 0 Å². The summed E-state index contributed by atoms with van der Waals surface area (Å²) in [4.78, 5) is 11.6. The van der Waals surface area contributed by atoms with E-state index in [1.54, 1.807) is 0 Å². The molecular formula is C14H28N2O3.